The maximum atomic E-state index is 13.2. The first-order valence-corrected chi connectivity index (χ1v) is 11.1. The molecule has 0 saturated carbocycles. The summed E-state index contributed by atoms with van der Waals surface area (Å²) in [5.41, 5.74) is 0.897. The zero-order chi connectivity index (χ0) is 19.3. The Bertz CT molecular complexity index is 1000. The lowest BCUT2D eigenvalue weighted by Crippen LogP contribution is -2.52. The molecule has 0 N–H and O–H groups in total. The standard InChI is InChI=1S/C19H27N3O4S/c1-13-6-7-14(2)22(13)15-5-4-10-21(12-15)27(24,25)16-8-9-17-18(11-16)26-19(23)20(17)3/h8-9,11,13-15H,4-7,10,12H2,1-3H3. The van der Waals surface area contributed by atoms with Gasteiger partial charge in [0.05, 0.1) is 10.4 Å². The molecule has 2 fully saturated rings. The number of aryl methyl sites for hydroxylation is 1. The third-order valence-corrected chi connectivity index (χ3v) is 8.06. The molecule has 0 bridgehead atoms. The summed E-state index contributed by atoms with van der Waals surface area (Å²) in [7, 11) is -2.01. The van der Waals surface area contributed by atoms with Crippen molar-refractivity contribution in [1.82, 2.24) is 13.8 Å². The Hall–Kier alpha value is -1.64. The molecule has 1 aromatic carbocycles. The summed E-state index contributed by atoms with van der Waals surface area (Å²) >= 11 is 0. The van der Waals surface area contributed by atoms with Crippen molar-refractivity contribution in [1.29, 1.82) is 0 Å². The minimum Gasteiger partial charge on any atom is -0.408 e. The smallest absolute Gasteiger partial charge is 0.408 e. The molecule has 0 radical (unpaired) electrons. The second kappa shape index (κ2) is 6.76. The van der Waals surface area contributed by atoms with E-state index in [1.165, 1.54) is 23.5 Å². The highest BCUT2D eigenvalue weighted by atomic mass is 32.2. The highest BCUT2D eigenvalue weighted by Crippen LogP contribution is 2.31. The molecule has 2 saturated heterocycles. The molecule has 3 heterocycles. The van der Waals surface area contributed by atoms with E-state index in [9.17, 15) is 13.2 Å². The first kappa shape index (κ1) is 18.7. The van der Waals surface area contributed by atoms with E-state index in [0.717, 1.165) is 12.8 Å². The molecule has 2 aliphatic heterocycles. The van der Waals surface area contributed by atoms with E-state index in [1.54, 1.807) is 23.5 Å². The van der Waals surface area contributed by atoms with E-state index < -0.39 is 15.8 Å². The van der Waals surface area contributed by atoms with Crippen molar-refractivity contribution in [3.05, 3.63) is 28.7 Å². The van der Waals surface area contributed by atoms with Crippen LogP contribution in [0.5, 0.6) is 0 Å². The summed E-state index contributed by atoms with van der Waals surface area (Å²) in [4.78, 5) is 14.4. The largest absolute Gasteiger partial charge is 0.419 e. The van der Waals surface area contributed by atoms with Gasteiger partial charge in [0.15, 0.2) is 5.58 Å². The van der Waals surface area contributed by atoms with Gasteiger partial charge in [-0.25, -0.2) is 13.2 Å². The maximum absolute atomic E-state index is 13.2. The van der Waals surface area contributed by atoms with Crippen LogP contribution in [0, 0.1) is 0 Å². The Morgan fingerprint density at radius 2 is 1.81 bits per heavy atom. The Kier molecular flexibility index (Phi) is 4.68. The fourth-order valence-electron chi connectivity index (χ4n) is 4.74. The Morgan fingerprint density at radius 3 is 2.52 bits per heavy atom. The number of oxazole rings is 1. The van der Waals surface area contributed by atoms with Gasteiger partial charge >= 0.3 is 5.76 Å². The third kappa shape index (κ3) is 3.13. The minimum atomic E-state index is -3.62. The van der Waals surface area contributed by atoms with Crippen LogP contribution < -0.4 is 5.76 Å². The fraction of sp³-hybridized carbons (Fsp3) is 0.632. The first-order chi connectivity index (χ1) is 12.8. The molecular weight excluding hydrogens is 366 g/mol. The zero-order valence-electron chi connectivity index (χ0n) is 16.1. The highest BCUT2D eigenvalue weighted by molar-refractivity contribution is 7.89. The van der Waals surface area contributed by atoms with Crippen LogP contribution in [0.25, 0.3) is 11.1 Å². The van der Waals surface area contributed by atoms with Crippen molar-refractivity contribution in [3.8, 4) is 0 Å². The average molecular weight is 394 g/mol. The average Bonchev–Trinajstić information content (AvgIpc) is 3.13. The lowest BCUT2D eigenvalue weighted by Gasteiger charge is -2.41. The second-order valence-electron chi connectivity index (χ2n) is 7.94. The third-order valence-electron chi connectivity index (χ3n) is 6.20. The van der Waals surface area contributed by atoms with Crippen molar-refractivity contribution in [3.63, 3.8) is 0 Å². The Balaban J connectivity index is 1.62. The molecule has 0 aliphatic carbocycles. The van der Waals surface area contributed by atoms with E-state index in [1.807, 2.05) is 0 Å². The van der Waals surface area contributed by atoms with Crippen LogP contribution in [0.4, 0.5) is 0 Å². The van der Waals surface area contributed by atoms with E-state index in [4.69, 9.17) is 4.42 Å². The topological polar surface area (TPSA) is 75.8 Å². The summed E-state index contributed by atoms with van der Waals surface area (Å²) in [6, 6.07) is 5.94. The molecule has 8 heteroatoms. The number of likely N-dealkylation sites (tertiary alicyclic amines) is 1. The van der Waals surface area contributed by atoms with Gasteiger partial charge in [-0.05, 0) is 51.7 Å². The molecule has 2 aromatic rings. The predicted molar refractivity (Wildman–Crippen MR) is 103 cm³/mol. The summed E-state index contributed by atoms with van der Waals surface area (Å²) in [5.74, 6) is -0.491. The second-order valence-corrected chi connectivity index (χ2v) is 9.88. The number of sulfonamides is 1. The molecule has 4 rings (SSSR count). The van der Waals surface area contributed by atoms with Gasteiger partial charge in [-0.2, -0.15) is 4.31 Å². The molecule has 27 heavy (non-hydrogen) atoms. The summed E-state index contributed by atoms with van der Waals surface area (Å²) in [5, 5.41) is 0. The van der Waals surface area contributed by atoms with Crippen molar-refractivity contribution in [2.75, 3.05) is 13.1 Å². The van der Waals surface area contributed by atoms with Crippen LogP contribution in [-0.2, 0) is 17.1 Å². The van der Waals surface area contributed by atoms with Crippen LogP contribution in [0.1, 0.15) is 39.5 Å². The number of hydrogen-bond donors (Lipinski definition) is 0. The van der Waals surface area contributed by atoms with Gasteiger partial charge in [-0.3, -0.25) is 9.47 Å². The summed E-state index contributed by atoms with van der Waals surface area (Å²) in [6.45, 7) is 5.53. The van der Waals surface area contributed by atoms with Crippen LogP contribution >= 0.6 is 0 Å². The molecule has 148 valence electrons. The van der Waals surface area contributed by atoms with E-state index in [0.29, 0.717) is 36.3 Å². The number of rotatable bonds is 3. The van der Waals surface area contributed by atoms with Gasteiger partial charge in [-0.15, -0.1) is 0 Å². The highest BCUT2D eigenvalue weighted by Gasteiger charge is 2.38. The van der Waals surface area contributed by atoms with Gasteiger partial charge in [0.2, 0.25) is 10.0 Å². The van der Waals surface area contributed by atoms with Crippen molar-refractivity contribution >= 4 is 21.1 Å². The lowest BCUT2D eigenvalue weighted by molar-refractivity contribution is 0.0979. The quantitative estimate of drug-likeness (QED) is 0.799. The lowest BCUT2D eigenvalue weighted by atomic mass is 10.0. The predicted octanol–water partition coefficient (Wildman–Crippen LogP) is 2.16. The van der Waals surface area contributed by atoms with Gasteiger partial charge in [-0.1, -0.05) is 0 Å². The van der Waals surface area contributed by atoms with E-state index in [-0.39, 0.29) is 10.9 Å². The number of benzene rings is 1. The van der Waals surface area contributed by atoms with Gasteiger partial charge in [0, 0.05) is 44.3 Å². The van der Waals surface area contributed by atoms with Crippen LogP contribution in [0.3, 0.4) is 0 Å². The van der Waals surface area contributed by atoms with Gasteiger partial charge < -0.3 is 4.42 Å². The van der Waals surface area contributed by atoms with E-state index in [2.05, 4.69) is 18.7 Å². The molecule has 0 amide bonds. The van der Waals surface area contributed by atoms with Gasteiger partial charge in [0.1, 0.15) is 0 Å². The summed E-state index contributed by atoms with van der Waals surface area (Å²) in [6.07, 6.45) is 4.25. The monoisotopic (exact) mass is 393 g/mol. The maximum Gasteiger partial charge on any atom is 0.419 e. The van der Waals surface area contributed by atoms with Crippen molar-refractivity contribution < 1.29 is 12.8 Å². The van der Waals surface area contributed by atoms with Crippen molar-refractivity contribution in [2.24, 2.45) is 7.05 Å². The molecule has 2 aliphatic rings. The van der Waals surface area contributed by atoms with E-state index >= 15 is 0 Å². The van der Waals surface area contributed by atoms with Crippen LogP contribution in [0.15, 0.2) is 32.3 Å². The number of piperidine rings is 1. The van der Waals surface area contributed by atoms with Crippen LogP contribution in [0.2, 0.25) is 0 Å². The zero-order valence-corrected chi connectivity index (χ0v) is 16.9. The fourth-order valence-corrected chi connectivity index (χ4v) is 6.27. The Labute approximate surface area is 159 Å². The minimum absolute atomic E-state index is 0.188. The molecule has 1 aromatic heterocycles. The normalized spacial score (nSPS) is 28.2. The van der Waals surface area contributed by atoms with Crippen molar-refractivity contribution in [2.45, 2.75) is 62.6 Å². The Morgan fingerprint density at radius 1 is 1.11 bits per heavy atom. The molecule has 3 unspecified atom stereocenters. The molecule has 0 spiro atoms. The SMILES string of the molecule is CC1CCC(C)N1C1CCCN(S(=O)(=O)c2ccc3c(c2)oc(=O)n3C)C1. The number of nitrogens with zero attached hydrogens (tertiary/aromatic N) is 3. The summed E-state index contributed by atoms with van der Waals surface area (Å²) < 4.78 is 34.6. The molecular formula is C19H27N3O4S. The number of hydrogen-bond acceptors (Lipinski definition) is 5. The van der Waals surface area contributed by atoms with Gasteiger partial charge in [0.25, 0.3) is 0 Å². The molecule has 7 nitrogen and oxygen atoms in total. The number of fused-ring (bicyclic) bond motifs is 1. The first-order valence-electron chi connectivity index (χ1n) is 9.66. The number of aromatic nitrogens is 1. The van der Waals surface area contributed by atoms with Crippen LogP contribution in [-0.4, -0.2) is 53.4 Å². The molecule has 3 atom stereocenters.